The normalized spacial score (nSPS) is 13.1. The fourth-order valence-electron chi connectivity index (χ4n) is 1.78. The highest BCUT2D eigenvalue weighted by atomic mass is 79.9. The first kappa shape index (κ1) is 16.2. The molecule has 0 aliphatic heterocycles. The molecule has 0 aromatic heterocycles. The second-order valence-electron chi connectivity index (χ2n) is 5.62. The zero-order valence-corrected chi connectivity index (χ0v) is 13.6. The molecule has 1 rings (SSSR count). The average molecular weight is 328 g/mol. The summed E-state index contributed by atoms with van der Waals surface area (Å²) in [7, 11) is 1.85. The molecule has 0 radical (unpaired) electrons. The molecule has 0 saturated heterocycles. The van der Waals surface area contributed by atoms with Gasteiger partial charge in [0, 0.05) is 11.0 Å². The van der Waals surface area contributed by atoms with Crippen LogP contribution in [0.5, 0.6) is 0 Å². The number of rotatable bonds is 5. The molecule has 0 spiro atoms. The van der Waals surface area contributed by atoms with Crippen molar-refractivity contribution in [2.75, 3.05) is 13.6 Å². The molecule has 0 bridgehead atoms. The van der Waals surface area contributed by atoms with E-state index < -0.39 is 5.60 Å². The number of hydrogen-bond acceptors (Lipinski definition) is 3. The number of benzene rings is 1. The van der Waals surface area contributed by atoms with Crippen LogP contribution < -0.4 is 5.32 Å². The molecule has 19 heavy (non-hydrogen) atoms. The quantitative estimate of drug-likeness (QED) is 0.844. The van der Waals surface area contributed by atoms with Crippen molar-refractivity contribution in [1.29, 1.82) is 0 Å². The third kappa shape index (κ3) is 6.21. The Bertz CT molecular complexity index is 409. The molecule has 0 heterocycles. The molecule has 0 saturated carbocycles. The van der Waals surface area contributed by atoms with Crippen LogP contribution in [0.25, 0.3) is 0 Å². The van der Waals surface area contributed by atoms with Crippen molar-refractivity contribution in [2.45, 2.75) is 32.8 Å². The van der Waals surface area contributed by atoms with Crippen LogP contribution in [-0.2, 0) is 16.0 Å². The van der Waals surface area contributed by atoms with E-state index in [2.05, 4.69) is 21.2 Å². The standard InChI is InChI=1S/C15H22BrNO2/c1-15(2,3)19-14(18)12(10-17-4)9-11-5-7-13(16)8-6-11/h5-8,12,17H,9-10H2,1-4H3. The zero-order valence-electron chi connectivity index (χ0n) is 12.0. The molecule has 1 N–H and O–H groups in total. The summed E-state index contributed by atoms with van der Waals surface area (Å²) in [5.74, 6) is -0.310. The minimum Gasteiger partial charge on any atom is -0.460 e. The molecular formula is C15H22BrNO2. The van der Waals surface area contributed by atoms with E-state index in [1.165, 1.54) is 0 Å². The Morgan fingerprint density at radius 1 is 1.32 bits per heavy atom. The van der Waals surface area contributed by atoms with Gasteiger partial charge in [0.2, 0.25) is 0 Å². The summed E-state index contributed by atoms with van der Waals surface area (Å²) in [5.41, 5.74) is 0.692. The topological polar surface area (TPSA) is 38.3 Å². The van der Waals surface area contributed by atoms with Crippen LogP contribution in [0.1, 0.15) is 26.3 Å². The van der Waals surface area contributed by atoms with Crippen LogP contribution in [0.15, 0.2) is 28.7 Å². The minimum absolute atomic E-state index is 0.148. The van der Waals surface area contributed by atoms with Crippen molar-refractivity contribution in [3.63, 3.8) is 0 Å². The van der Waals surface area contributed by atoms with Gasteiger partial charge in [-0.3, -0.25) is 4.79 Å². The van der Waals surface area contributed by atoms with Crippen molar-refractivity contribution >= 4 is 21.9 Å². The summed E-state index contributed by atoms with van der Waals surface area (Å²) < 4.78 is 6.50. The van der Waals surface area contributed by atoms with Gasteiger partial charge in [0.1, 0.15) is 5.60 Å². The number of hydrogen-bond donors (Lipinski definition) is 1. The minimum atomic E-state index is -0.442. The molecule has 3 nitrogen and oxygen atoms in total. The van der Waals surface area contributed by atoms with E-state index in [4.69, 9.17) is 4.74 Å². The lowest BCUT2D eigenvalue weighted by Gasteiger charge is -2.24. The molecule has 0 fully saturated rings. The van der Waals surface area contributed by atoms with Crippen LogP contribution >= 0.6 is 15.9 Å². The number of ether oxygens (including phenoxy) is 1. The first-order valence-corrected chi connectivity index (χ1v) is 7.23. The van der Waals surface area contributed by atoms with E-state index in [1.807, 2.05) is 52.1 Å². The fourth-order valence-corrected chi connectivity index (χ4v) is 2.04. The monoisotopic (exact) mass is 327 g/mol. The molecule has 0 aliphatic rings. The van der Waals surface area contributed by atoms with E-state index >= 15 is 0 Å². The van der Waals surface area contributed by atoms with Gasteiger partial charge in [0.05, 0.1) is 5.92 Å². The highest BCUT2D eigenvalue weighted by molar-refractivity contribution is 9.10. The van der Waals surface area contributed by atoms with Gasteiger partial charge in [-0.1, -0.05) is 28.1 Å². The summed E-state index contributed by atoms with van der Waals surface area (Å²) >= 11 is 3.41. The maximum absolute atomic E-state index is 12.1. The molecular weight excluding hydrogens is 306 g/mol. The lowest BCUT2D eigenvalue weighted by molar-refractivity contribution is -0.159. The number of nitrogens with one attached hydrogen (secondary N) is 1. The van der Waals surface area contributed by atoms with Crippen molar-refractivity contribution in [2.24, 2.45) is 5.92 Å². The Balaban J connectivity index is 2.72. The Morgan fingerprint density at radius 3 is 2.37 bits per heavy atom. The van der Waals surface area contributed by atoms with E-state index in [9.17, 15) is 4.79 Å². The summed E-state index contributed by atoms with van der Waals surface area (Å²) in [6.45, 7) is 6.29. The molecule has 0 aliphatic carbocycles. The Morgan fingerprint density at radius 2 is 1.89 bits per heavy atom. The van der Waals surface area contributed by atoms with E-state index in [-0.39, 0.29) is 11.9 Å². The maximum Gasteiger partial charge on any atom is 0.311 e. The summed E-state index contributed by atoms with van der Waals surface area (Å²) in [5, 5.41) is 3.06. The van der Waals surface area contributed by atoms with Crippen LogP contribution in [0.3, 0.4) is 0 Å². The molecule has 0 amide bonds. The van der Waals surface area contributed by atoms with E-state index in [0.717, 1.165) is 10.0 Å². The lowest BCUT2D eigenvalue weighted by Crippen LogP contribution is -2.34. The van der Waals surface area contributed by atoms with Gasteiger partial charge >= 0.3 is 5.97 Å². The van der Waals surface area contributed by atoms with Gasteiger partial charge in [-0.25, -0.2) is 0 Å². The number of halogens is 1. The van der Waals surface area contributed by atoms with Crippen LogP contribution in [0.4, 0.5) is 0 Å². The molecule has 106 valence electrons. The van der Waals surface area contributed by atoms with Gasteiger partial charge in [0.25, 0.3) is 0 Å². The van der Waals surface area contributed by atoms with Crippen LogP contribution in [0.2, 0.25) is 0 Å². The third-order valence-corrected chi connectivity index (χ3v) is 3.11. The van der Waals surface area contributed by atoms with Crippen molar-refractivity contribution in [3.8, 4) is 0 Å². The smallest absolute Gasteiger partial charge is 0.311 e. The zero-order chi connectivity index (χ0) is 14.5. The van der Waals surface area contributed by atoms with Crippen molar-refractivity contribution in [1.82, 2.24) is 5.32 Å². The average Bonchev–Trinajstić information content (AvgIpc) is 2.29. The van der Waals surface area contributed by atoms with Gasteiger partial charge in [0.15, 0.2) is 0 Å². The SMILES string of the molecule is CNCC(Cc1ccc(Br)cc1)C(=O)OC(C)(C)C. The van der Waals surface area contributed by atoms with Crippen LogP contribution in [0, 0.1) is 5.92 Å². The number of carbonyl (C=O) groups excluding carboxylic acids is 1. The van der Waals surface area contributed by atoms with Crippen molar-refractivity contribution < 1.29 is 9.53 Å². The summed E-state index contributed by atoms with van der Waals surface area (Å²) in [4.78, 5) is 12.1. The second kappa shape index (κ2) is 7.06. The van der Waals surface area contributed by atoms with Gasteiger partial charge < -0.3 is 10.1 Å². The third-order valence-electron chi connectivity index (χ3n) is 2.59. The summed E-state index contributed by atoms with van der Waals surface area (Å²) in [6, 6.07) is 8.02. The molecule has 4 heteroatoms. The Hall–Kier alpha value is -0.870. The number of carbonyl (C=O) groups is 1. The lowest BCUT2D eigenvalue weighted by atomic mass is 9.99. The summed E-state index contributed by atoms with van der Waals surface area (Å²) in [6.07, 6.45) is 0.684. The van der Waals surface area contributed by atoms with Gasteiger partial charge in [-0.05, 0) is 51.9 Å². The first-order chi connectivity index (χ1) is 8.81. The molecule has 1 aromatic carbocycles. The maximum atomic E-state index is 12.1. The number of esters is 1. The second-order valence-corrected chi connectivity index (χ2v) is 6.53. The Labute approximate surface area is 123 Å². The van der Waals surface area contributed by atoms with Crippen LogP contribution in [-0.4, -0.2) is 25.2 Å². The van der Waals surface area contributed by atoms with Gasteiger partial charge in [-0.2, -0.15) is 0 Å². The predicted molar refractivity (Wildman–Crippen MR) is 81.1 cm³/mol. The highest BCUT2D eigenvalue weighted by Gasteiger charge is 2.24. The fraction of sp³-hybridized carbons (Fsp3) is 0.533. The molecule has 1 aromatic rings. The first-order valence-electron chi connectivity index (χ1n) is 6.44. The van der Waals surface area contributed by atoms with Crippen molar-refractivity contribution in [3.05, 3.63) is 34.3 Å². The molecule has 1 atom stereocenters. The molecule has 1 unspecified atom stereocenters. The van der Waals surface area contributed by atoms with E-state index in [1.54, 1.807) is 0 Å². The largest absolute Gasteiger partial charge is 0.460 e. The Kier molecular flexibility index (Phi) is 6.01. The predicted octanol–water partition coefficient (Wildman–Crippen LogP) is 3.17. The highest BCUT2D eigenvalue weighted by Crippen LogP contribution is 2.17. The van der Waals surface area contributed by atoms with E-state index in [0.29, 0.717) is 13.0 Å². The van der Waals surface area contributed by atoms with Gasteiger partial charge in [-0.15, -0.1) is 0 Å².